The summed E-state index contributed by atoms with van der Waals surface area (Å²) in [5.41, 5.74) is 12.9. The van der Waals surface area contributed by atoms with Crippen LogP contribution in [-0.2, 0) is 12.8 Å². The van der Waals surface area contributed by atoms with Crippen molar-refractivity contribution in [3.8, 4) is 5.75 Å². The first kappa shape index (κ1) is 28.9. The SMILES string of the molecule is C=C(N)CC[C@@]1(O)C(C)=C2Cc3c(C)ccc(NC(=O)Oc4ccc(C)cc4)c3C[C@H]2CC1C(CO)N(C)C. The van der Waals surface area contributed by atoms with E-state index in [9.17, 15) is 15.0 Å². The molecule has 0 saturated carbocycles. The predicted octanol–water partition coefficient (Wildman–Crippen LogP) is 4.87. The van der Waals surface area contributed by atoms with Gasteiger partial charge in [-0.3, -0.25) is 5.32 Å². The van der Waals surface area contributed by atoms with Crippen LogP contribution in [0.15, 0.2) is 59.8 Å². The first-order chi connectivity index (χ1) is 18.4. The number of allylic oxidation sites excluding steroid dienone is 2. The number of aryl methyl sites for hydroxylation is 2. The molecule has 0 radical (unpaired) electrons. The molecule has 0 fully saturated rings. The molecule has 4 rings (SSSR count). The van der Waals surface area contributed by atoms with Crippen molar-refractivity contribution >= 4 is 11.8 Å². The first-order valence-corrected chi connectivity index (χ1v) is 13.7. The zero-order chi connectivity index (χ0) is 28.5. The average molecular weight is 534 g/mol. The third kappa shape index (κ3) is 5.91. The van der Waals surface area contributed by atoms with Gasteiger partial charge in [-0.05, 0) is 113 Å². The van der Waals surface area contributed by atoms with Gasteiger partial charge in [0.25, 0.3) is 0 Å². The van der Waals surface area contributed by atoms with Crippen LogP contribution >= 0.6 is 0 Å². The molecule has 0 aromatic heterocycles. The second-order valence-corrected chi connectivity index (χ2v) is 11.6. The number of amides is 1. The Bertz CT molecular complexity index is 1270. The van der Waals surface area contributed by atoms with E-state index in [4.69, 9.17) is 10.5 Å². The van der Waals surface area contributed by atoms with Gasteiger partial charge in [0.2, 0.25) is 0 Å². The maximum atomic E-state index is 12.8. The summed E-state index contributed by atoms with van der Waals surface area (Å²) >= 11 is 0. The van der Waals surface area contributed by atoms with Crippen molar-refractivity contribution in [1.29, 1.82) is 0 Å². The number of aliphatic hydroxyl groups is 2. The smallest absolute Gasteiger partial charge is 0.410 e. The van der Waals surface area contributed by atoms with E-state index in [1.54, 1.807) is 12.1 Å². The molecule has 5 N–H and O–H groups in total. The van der Waals surface area contributed by atoms with Crippen molar-refractivity contribution in [3.05, 3.63) is 82.1 Å². The number of ether oxygens (including phenoxy) is 1. The number of likely N-dealkylation sites (N-methyl/N-ethyl adjacent to an activating group) is 1. The van der Waals surface area contributed by atoms with Gasteiger partial charge in [0.1, 0.15) is 5.75 Å². The molecule has 0 bridgehead atoms. The molecule has 7 nitrogen and oxygen atoms in total. The molecule has 0 spiro atoms. The number of hydrogen-bond donors (Lipinski definition) is 4. The van der Waals surface area contributed by atoms with Crippen molar-refractivity contribution in [3.63, 3.8) is 0 Å². The predicted molar refractivity (Wildman–Crippen MR) is 156 cm³/mol. The fourth-order valence-corrected chi connectivity index (χ4v) is 6.53. The minimum absolute atomic E-state index is 0.0494. The van der Waals surface area contributed by atoms with E-state index in [1.165, 1.54) is 11.1 Å². The lowest BCUT2D eigenvalue weighted by Gasteiger charge is -2.51. The van der Waals surface area contributed by atoms with Gasteiger partial charge in [-0.1, -0.05) is 35.9 Å². The topological polar surface area (TPSA) is 108 Å². The molecule has 7 heteroatoms. The van der Waals surface area contributed by atoms with Gasteiger partial charge in [-0.15, -0.1) is 0 Å². The van der Waals surface area contributed by atoms with Crippen molar-refractivity contribution in [2.24, 2.45) is 17.6 Å². The standard InChI is InChI=1S/C32H43N3O4/c1-19-7-10-24(11-8-19)39-31(37)34-29-12-9-20(2)25-17-26-22(4)32(38,14-13-21(3)33)28(30(18-36)35(5)6)16-23(26)15-27(25)29/h7-12,23,28,30,36,38H,3,13-18,33H2,1-2,4-6H3,(H,34,37)/t23-,28?,30?,32+/m0/s1. The highest BCUT2D eigenvalue weighted by atomic mass is 16.6. The Morgan fingerprint density at radius 3 is 2.49 bits per heavy atom. The Kier molecular flexibility index (Phi) is 8.54. The number of nitrogens with one attached hydrogen (secondary N) is 1. The van der Waals surface area contributed by atoms with Crippen LogP contribution in [0.3, 0.4) is 0 Å². The molecule has 2 aliphatic rings. The van der Waals surface area contributed by atoms with Crippen LogP contribution < -0.4 is 15.8 Å². The van der Waals surface area contributed by atoms with Crippen LogP contribution in [0.5, 0.6) is 5.75 Å². The normalized spacial score (nSPS) is 23.2. The Labute approximate surface area is 232 Å². The minimum atomic E-state index is -1.09. The summed E-state index contributed by atoms with van der Waals surface area (Å²) in [5, 5.41) is 25.5. The van der Waals surface area contributed by atoms with E-state index >= 15 is 0 Å². The third-order valence-electron chi connectivity index (χ3n) is 8.87. The molecule has 210 valence electrons. The number of benzene rings is 2. The maximum absolute atomic E-state index is 12.8. The fraction of sp³-hybridized carbons (Fsp3) is 0.469. The number of rotatable bonds is 8. The molecule has 1 amide bonds. The Morgan fingerprint density at radius 2 is 1.87 bits per heavy atom. The maximum Gasteiger partial charge on any atom is 0.417 e. The molecule has 0 saturated heterocycles. The van der Waals surface area contributed by atoms with Crippen LogP contribution in [0.4, 0.5) is 10.5 Å². The third-order valence-corrected chi connectivity index (χ3v) is 8.87. The van der Waals surface area contributed by atoms with Crippen molar-refractivity contribution in [1.82, 2.24) is 4.90 Å². The number of anilines is 1. The van der Waals surface area contributed by atoms with Gasteiger partial charge >= 0.3 is 6.09 Å². The number of aliphatic hydroxyl groups excluding tert-OH is 1. The molecule has 2 unspecified atom stereocenters. The zero-order valence-corrected chi connectivity index (χ0v) is 23.9. The highest BCUT2D eigenvalue weighted by molar-refractivity contribution is 5.88. The number of fused-ring (bicyclic) bond motifs is 2. The summed E-state index contributed by atoms with van der Waals surface area (Å²) in [7, 11) is 3.89. The summed E-state index contributed by atoms with van der Waals surface area (Å²) < 4.78 is 5.54. The molecule has 2 aromatic rings. The molecular formula is C32H43N3O4. The highest BCUT2D eigenvalue weighted by Crippen LogP contribution is 2.51. The van der Waals surface area contributed by atoms with Crippen LogP contribution in [0.25, 0.3) is 0 Å². The Hall–Kier alpha value is -3.13. The minimum Gasteiger partial charge on any atom is -0.410 e. The van der Waals surface area contributed by atoms with Gasteiger partial charge in [-0.25, -0.2) is 4.79 Å². The average Bonchev–Trinajstić information content (AvgIpc) is 2.88. The summed E-state index contributed by atoms with van der Waals surface area (Å²) in [6.07, 6.45) is 2.65. The van der Waals surface area contributed by atoms with E-state index in [-0.39, 0.29) is 24.5 Å². The first-order valence-electron chi connectivity index (χ1n) is 13.7. The number of nitrogens with zero attached hydrogens (tertiary/aromatic N) is 1. The number of carbonyl (C=O) groups is 1. The quantitative estimate of drug-likeness (QED) is 0.361. The summed E-state index contributed by atoms with van der Waals surface area (Å²) in [4.78, 5) is 14.8. The lowest BCUT2D eigenvalue weighted by molar-refractivity contribution is -0.0560. The van der Waals surface area contributed by atoms with Crippen LogP contribution in [0.2, 0.25) is 0 Å². The lowest BCUT2D eigenvalue weighted by atomic mass is 9.59. The van der Waals surface area contributed by atoms with Crippen LogP contribution in [0, 0.1) is 25.7 Å². The van der Waals surface area contributed by atoms with E-state index in [0.29, 0.717) is 30.7 Å². The van der Waals surface area contributed by atoms with Crippen molar-refractivity contribution < 1.29 is 19.7 Å². The molecule has 4 atom stereocenters. The Balaban J connectivity index is 1.68. The van der Waals surface area contributed by atoms with E-state index in [0.717, 1.165) is 40.8 Å². The highest BCUT2D eigenvalue weighted by Gasteiger charge is 2.49. The van der Waals surface area contributed by atoms with E-state index in [2.05, 4.69) is 18.8 Å². The second-order valence-electron chi connectivity index (χ2n) is 11.6. The van der Waals surface area contributed by atoms with Crippen LogP contribution in [-0.4, -0.2) is 53.6 Å². The van der Waals surface area contributed by atoms with Crippen LogP contribution in [0.1, 0.15) is 48.4 Å². The zero-order valence-electron chi connectivity index (χ0n) is 23.9. The molecule has 0 heterocycles. The Morgan fingerprint density at radius 1 is 1.18 bits per heavy atom. The summed E-state index contributed by atoms with van der Waals surface area (Å²) in [5.74, 6) is 0.501. The van der Waals surface area contributed by atoms with Crippen molar-refractivity contribution in [2.45, 2.75) is 64.5 Å². The number of carbonyl (C=O) groups excluding carboxylic acids is 1. The van der Waals surface area contributed by atoms with Gasteiger partial charge < -0.3 is 25.6 Å². The van der Waals surface area contributed by atoms with Gasteiger partial charge in [0.05, 0.1) is 12.2 Å². The number of hydrogen-bond acceptors (Lipinski definition) is 6. The second kappa shape index (κ2) is 11.5. The van der Waals surface area contributed by atoms with Gasteiger partial charge in [-0.2, -0.15) is 0 Å². The molecule has 2 aliphatic carbocycles. The summed E-state index contributed by atoms with van der Waals surface area (Å²) in [6, 6.07) is 11.1. The molecule has 39 heavy (non-hydrogen) atoms. The largest absolute Gasteiger partial charge is 0.417 e. The molecular weight excluding hydrogens is 490 g/mol. The molecule has 0 aliphatic heterocycles. The molecule has 2 aromatic carbocycles. The lowest BCUT2D eigenvalue weighted by Crippen LogP contribution is -2.55. The number of nitrogens with two attached hydrogens (primary N) is 1. The van der Waals surface area contributed by atoms with Crippen molar-refractivity contribution in [2.75, 3.05) is 26.0 Å². The monoisotopic (exact) mass is 533 g/mol. The van der Waals surface area contributed by atoms with E-state index in [1.807, 2.05) is 57.1 Å². The summed E-state index contributed by atoms with van der Waals surface area (Å²) in [6.45, 7) is 9.92. The van der Waals surface area contributed by atoms with E-state index < -0.39 is 11.7 Å². The fourth-order valence-electron chi connectivity index (χ4n) is 6.53. The van der Waals surface area contributed by atoms with Gasteiger partial charge in [0, 0.05) is 23.3 Å². The van der Waals surface area contributed by atoms with Gasteiger partial charge in [0.15, 0.2) is 0 Å².